The molecule has 0 fully saturated rings. The molecular weight excluding hydrogens is 436 g/mol. The smallest absolute Gasteiger partial charge is 0.322 e. The van der Waals surface area contributed by atoms with Crippen molar-refractivity contribution in [3.05, 3.63) is 59.6 Å². The van der Waals surface area contributed by atoms with Gasteiger partial charge in [-0.15, -0.1) is 0 Å². The fourth-order valence-electron chi connectivity index (χ4n) is 4.04. The first kappa shape index (κ1) is 23.2. The Bertz CT molecular complexity index is 1200. The lowest BCUT2D eigenvalue weighted by molar-refractivity contribution is 0.207. The Morgan fingerprint density at radius 1 is 1.06 bits per heavy atom. The number of nitrogens with zero attached hydrogens (tertiary/aromatic N) is 3. The van der Waals surface area contributed by atoms with E-state index < -0.39 is 6.04 Å². The molecule has 1 atom stereocenters. The fraction of sp³-hybridized carbons (Fsp3) is 0.320. The molecule has 1 N–H and O–H groups in total. The van der Waals surface area contributed by atoms with E-state index in [0.717, 1.165) is 28.1 Å². The van der Waals surface area contributed by atoms with Crippen LogP contribution in [-0.4, -0.2) is 48.4 Å². The van der Waals surface area contributed by atoms with Crippen LogP contribution in [0.1, 0.15) is 38.3 Å². The van der Waals surface area contributed by atoms with Crippen LogP contribution in [0, 0.1) is 0 Å². The second-order valence-corrected chi connectivity index (χ2v) is 7.62. The summed E-state index contributed by atoms with van der Waals surface area (Å²) >= 11 is 0. The summed E-state index contributed by atoms with van der Waals surface area (Å²) in [7, 11) is 3.15. The standard InChI is InChI=1S/C25H28N4O5/c1-6-29-15(3)21(22(26-25(29)30)17-10-13-19(31-4)20(14-17)32-5)24-27-23(28-34-24)16-8-11-18(12-9-16)33-7-2/h8-14,22H,6-7H2,1-5H3,(H,26,30). The average Bonchev–Trinajstić information content (AvgIpc) is 3.34. The number of carbonyl (C=O) groups excluding carboxylic acids is 1. The summed E-state index contributed by atoms with van der Waals surface area (Å²) in [5.74, 6) is 2.71. The number of hydrogen-bond donors (Lipinski definition) is 1. The SMILES string of the molecule is CCOc1ccc(-c2noc(C3=C(C)N(CC)C(=O)NC3c3ccc(OC)c(OC)c3)n2)cc1. The van der Waals surface area contributed by atoms with E-state index in [1.165, 1.54) is 0 Å². The van der Waals surface area contributed by atoms with Crippen LogP contribution in [0.5, 0.6) is 17.2 Å². The van der Waals surface area contributed by atoms with Crippen LogP contribution in [0.25, 0.3) is 17.0 Å². The molecule has 178 valence electrons. The van der Waals surface area contributed by atoms with Gasteiger partial charge in [0, 0.05) is 17.8 Å². The van der Waals surface area contributed by atoms with Crippen molar-refractivity contribution in [2.45, 2.75) is 26.8 Å². The molecule has 3 aromatic rings. The number of ether oxygens (including phenoxy) is 3. The highest BCUT2D eigenvalue weighted by Crippen LogP contribution is 2.40. The predicted molar refractivity (Wildman–Crippen MR) is 127 cm³/mol. The highest BCUT2D eigenvalue weighted by molar-refractivity contribution is 5.87. The molecule has 4 rings (SSSR count). The summed E-state index contributed by atoms with van der Waals surface area (Å²) in [6.07, 6.45) is 0. The van der Waals surface area contributed by atoms with Crippen LogP contribution < -0.4 is 19.5 Å². The van der Waals surface area contributed by atoms with Gasteiger partial charge in [0.1, 0.15) is 5.75 Å². The van der Waals surface area contributed by atoms with Crippen LogP contribution in [-0.2, 0) is 0 Å². The molecule has 0 spiro atoms. The molecular formula is C25H28N4O5. The Hall–Kier alpha value is -4.01. The molecule has 2 amide bonds. The summed E-state index contributed by atoms with van der Waals surface area (Å²) in [4.78, 5) is 19.1. The Morgan fingerprint density at radius 3 is 2.44 bits per heavy atom. The number of nitrogens with one attached hydrogen (secondary N) is 1. The van der Waals surface area contributed by atoms with Crippen LogP contribution in [0.3, 0.4) is 0 Å². The lowest BCUT2D eigenvalue weighted by Crippen LogP contribution is -2.45. The molecule has 1 aliphatic heterocycles. The Morgan fingerprint density at radius 2 is 1.79 bits per heavy atom. The van der Waals surface area contributed by atoms with Crippen LogP contribution in [0.2, 0.25) is 0 Å². The first-order valence-electron chi connectivity index (χ1n) is 11.1. The van der Waals surface area contributed by atoms with Crippen molar-refractivity contribution < 1.29 is 23.5 Å². The minimum absolute atomic E-state index is 0.199. The Kier molecular flexibility index (Phi) is 6.72. The molecule has 0 saturated carbocycles. The highest BCUT2D eigenvalue weighted by Gasteiger charge is 2.35. The largest absolute Gasteiger partial charge is 0.494 e. The van der Waals surface area contributed by atoms with Gasteiger partial charge < -0.3 is 24.1 Å². The van der Waals surface area contributed by atoms with E-state index in [9.17, 15) is 4.79 Å². The second-order valence-electron chi connectivity index (χ2n) is 7.62. The van der Waals surface area contributed by atoms with Crippen molar-refractivity contribution in [2.24, 2.45) is 0 Å². The van der Waals surface area contributed by atoms with Gasteiger partial charge in [0.2, 0.25) is 5.82 Å². The van der Waals surface area contributed by atoms with E-state index >= 15 is 0 Å². The maximum Gasteiger partial charge on any atom is 0.322 e. The number of allylic oxidation sites excluding steroid dienone is 1. The number of rotatable bonds is 8. The molecule has 1 aliphatic rings. The maximum atomic E-state index is 12.8. The van der Waals surface area contributed by atoms with E-state index in [2.05, 4.69) is 15.5 Å². The van der Waals surface area contributed by atoms with Gasteiger partial charge in [-0.3, -0.25) is 4.90 Å². The summed E-state index contributed by atoms with van der Waals surface area (Å²) in [5.41, 5.74) is 3.06. The van der Waals surface area contributed by atoms with Crippen molar-refractivity contribution in [1.29, 1.82) is 0 Å². The number of amides is 2. The first-order valence-corrected chi connectivity index (χ1v) is 11.1. The molecule has 0 bridgehead atoms. The van der Waals surface area contributed by atoms with E-state index in [0.29, 0.717) is 36.4 Å². The van der Waals surface area contributed by atoms with Gasteiger partial charge in [-0.25, -0.2) is 4.79 Å². The summed E-state index contributed by atoms with van der Waals surface area (Å²) in [6.45, 7) is 6.82. The number of hydrogen-bond acceptors (Lipinski definition) is 7. The third-order valence-corrected chi connectivity index (χ3v) is 5.73. The fourth-order valence-corrected chi connectivity index (χ4v) is 4.04. The van der Waals surface area contributed by atoms with Gasteiger partial charge in [-0.2, -0.15) is 4.98 Å². The van der Waals surface area contributed by atoms with Crippen LogP contribution >= 0.6 is 0 Å². The molecule has 0 radical (unpaired) electrons. The zero-order valence-electron chi connectivity index (χ0n) is 19.9. The molecule has 9 heteroatoms. The summed E-state index contributed by atoms with van der Waals surface area (Å²) in [5, 5.41) is 7.25. The summed E-state index contributed by atoms with van der Waals surface area (Å²) in [6, 6.07) is 12.3. The quantitative estimate of drug-likeness (QED) is 0.517. The van der Waals surface area contributed by atoms with E-state index in [1.807, 2.05) is 57.2 Å². The molecule has 1 aromatic heterocycles. The average molecular weight is 465 g/mol. The lowest BCUT2D eigenvalue weighted by atomic mass is 9.94. The zero-order chi connectivity index (χ0) is 24.2. The lowest BCUT2D eigenvalue weighted by Gasteiger charge is -2.34. The Balaban J connectivity index is 1.76. The molecule has 0 aliphatic carbocycles. The third kappa shape index (κ3) is 4.28. The molecule has 2 heterocycles. The highest BCUT2D eigenvalue weighted by atomic mass is 16.5. The van der Waals surface area contributed by atoms with E-state index in [-0.39, 0.29) is 6.03 Å². The van der Waals surface area contributed by atoms with Crippen molar-refractivity contribution >= 4 is 11.6 Å². The van der Waals surface area contributed by atoms with Gasteiger partial charge in [-0.05, 0) is 62.7 Å². The Labute approximate surface area is 198 Å². The monoisotopic (exact) mass is 464 g/mol. The van der Waals surface area contributed by atoms with Crippen molar-refractivity contribution in [1.82, 2.24) is 20.4 Å². The molecule has 34 heavy (non-hydrogen) atoms. The second kappa shape index (κ2) is 9.86. The zero-order valence-corrected chi connectivity index (χ0v) is 19.9. The molecule has 1 unspecified atom stereocenters. The van der Waals surface area contributed by atoms with Gasteiger partial charge in [0.05, 0.1) is 32.4 Å². The van der Waals surface area contributed by atoms with Crippen molar-refractivity contribution in [3.63, 3.8) is 0 Å². The molecule has 0 saturated heterocycles. The third-order valence-electron chi connectivity index (χ3n) is 5.73. The van der Waals surface area contributed by atoms with E-state index in [1.54, 1.807) is 25.2 Å². The van der Waals surface area contributed by atoms with Crippen molar-refractivity contribution in [2.75, 3.05) is 27.4 Å². The van der Waals surface area contributed by atoms with E-state index in [4.69, 9.17) is 18.7 Å². The minimum Gasteiger partial charge on any atom is -0.494 e. The van der Waals surface area contributed by atoms with Gasteiger partial charge >= 0.3 is 6.03 Å². The number of benzene rings is 2. The first-order chi connectivity index (χ1) is 16.5. The topological polar surface area (TPSA) is 99.0 Å². The number of urea groups is 1. The predicted octanol–water partition coefficient (Wildman–Crippen LogP) is 4.67. The normalized spacial score (nSPS) is 15.9. The molecule has 9 nitrogen and oxygen atoms in total. The van der Waals surface area contributed by atoms with Crippen LogP contribution in [0.15, 0.2) is 52.7 Å². The van der Waals surface area contributed by atoms with Gasteiger partial charge in [-0.1, -0.05) is 11.2 Å². The van der Waals surface area contributed by atoms with Gasteiger partial charge in [0.15, 0.2) is 11.5 Å². The van der Waals surface area contributed by atoms with Crippen LogP contribution in [0.4, 0.5) is 4.79 Å². The minimum atomic E-state index is -0.510. The summed E-state index contributed by atoms with van der Waals surface area (Å²) < 4.78 is 22.0. The number of carbonyl (C=O) groups is 1. The number of methoxy groups -OCH3 is 2. The maximum absolute atomic E-state index is 12.8. The number of aromatic nitrogens is 2. The van der Waals surface area contributed by atoms with Crippen molar-refractivity contribution in [3.8, 4) is 28.6 Å². The van der Waals surface area contributed by atoms with Gasteiger partial charge in [0.25, 0.3) is 5.89 Å². The molecule has 2 aromatic carbocycles.